The Morgan fingerprint density at radius 1 is 1.64 bits per heavy atom. The molecule has 1 unspecified atom stereocenters. The van der Waals surface area contributed by atoms with Gasteiger partial charge in [0.1, 0.15) is 0 Å². The smallest absolute Gasteiger partial charge is 0.0738 e. The molecule has 0 bridgehead atoms. The Balaban J connectivity index is 2.51. The highest BCUT2D eigenvalue weighted by Gasteiger charge is 1.95. The Kier molecular flexibility index (Phi) is 4.76. The van der Waals surface area contributed by atoms with Gasteiger partial charge < -0.3 is 4.74 Å². The van der Waals surface area contributed by atoms with E-state index in [1.165, 1.54) is 0 Å². The fraction of sp³-hybridized carbons (Fsp3) is 0.400. The average Bonchev–Trinajstić information content (AvgIpc) is 2.17. The van der Waals surface area contributed by atoms with Gasteiger partial charge >= 0.3 is 0 Å². The molecule has 1 atom stereocenters. The number of hydrogen-bond donors (Lipinski definition) is 0. The minimum absolute atomic E-state index is 0.159. The van der Waals surface area contributed by atoms with Gasteiger partial charge in [0, 0.05) is 35.8 Å². The third-order valence-corrected chi connectivity index (χ3v) is 2.16. The number of methoxy groups -OCH3 is 1. The molecule has 0 aromatic carbocycles. The van der Waals surface area contributed by atoms with Crippen molar-refractivity contribution in [2.75, 3.05) is 13.7 Å². The van der Waals surface area contributed by atoms with E-state index in [4.69, 9.17) is 4.74 Å². The molecule has 0 amide bonds. The lowest BCUT2D eigenvalue weighted by atomic mass is 10.3. The Bertz CT molecular complexity index is 315. The molecule has 4 heteroatoms. The van der Waals surface area contributed by atoms with Crippen molar-refractivity contribution in [2.24, 2.45) is 4.99 Å². The molecule has 0 spiro atoms. The van der Waals surface area contributed by atoms with Gasteiger partial charge in [-0.3, -0.25) is 9.98 Å². The molecule has 1 aromatic heterocycles. The summed E-state index contributed by atoms with van der Waals surface area (Å²) in [6.45, 7) is 2.65. The Morgan fingerprint density at radius 3 is 3.07 bits per heavy atom. The van der Waals surface area contributed by atoms with Crippen LogP contribution >= 0.6 is 15.9 Å². The minimum atomic E-state index is 0.159. The Morgan fingerprint density at radius 2 is 2.43 bits per heavy atom. The maximum atomic E-state index is 5.07. The first-order valence-corrected chi connectivity index (χ1v) is 5.15. The molecule has 0 fully saturated rings. The van der Waals surface area contributed by atoms with Gasteiger partial charge in [-0.15, -0.1) is 0 Å². The van der Waals surface area contributed by atoms with Gasteiger partial charge in [-0.1, -0.05) is 0 Å². The van der Waals surface area contributed by atoms with E-state index in [2.05, 4.69) is 25.9 Å². The molecule has 3 nitrogen and oxygen atoms in total. The van der Waals surface area contributed by atoms with Crippen LogP contribution in [0.15, 0.2) is 27.9 Å². The van der Waals surface area contributed by atoms with E-state index in [9.17, 15) is 0 Å². The maximum absolute atomic E-state index is 5.07. The number of rotatable bonds is 4. The summed E-state index contributed by atoms with van der Waals surface area (Å²) >= 11 is 3.35. The highest BCUT2D eigenvalue weighted by atomic mass is 79.9. The van der Waals surface area contributed by atoms with Crippen molar-refractivity contribution in [1.29, 1.82) is 0 Å². The summed E-state index contributed by atoms with van der Waals surface area (Å²) in [5.41, 5.74) is 0.989. The molecule has 0 aliphatic rings. The van der Waals surface area contributed by atoms with Crippen LogP contribution in [-0.4, -0.2) is 31.0 Å². The van der Waals surface area contributed by atoms with Crippen LogP contribution in [0.3, 0.4) is 0 Å². The maximum Gasteiger partial charge on any atom is 0.0738 e. The normalized spacial score (nSPS) is 13.4. The van der Waals surface area contributed by atoms with Crippen LogP contribution in [0.5, 0.6) is 0 Å². The molecule has 76 valence electrons. The molecule has 0 radical (unpaired) electrons. The van der Waals surface area contributed by atoms with E-state index in [1.807, 2.05) is 13.0 Å². The molecule has 0 N–H and O–H groups in total. The van der Waals surface area contributed by atoms with Crippen molar-refractivity contribution in [3.05, 3.63) is 28.5 Å². The summed E-state index contributed by atoms with van der Waals surface area (Å²) in [6, 6.07) is 1.97. The summed E-state index contributed by atoms with van der Waals surface area (Å²) in [5.74, 6) is 0. The third-order valence-electron chi connectivity index (χ3n) is 1.73. The lowest BCUT2D eigenvalue weighted by Crippen LogP contribution is -2.08. The van der Waals surface area contributed by atoms with Crippen molar-refractivity contribution >= 4 is 22.1 Å². The first-order valence-electron chi connectivity index (χ1n) is 4.35. The highest BCUT2D eigenvalue weighted by molar-refractivity contribution is 9.10. The second kappa shape index (κ2) is 5.88. The van der Waals surface area contributed by atoms with Crippen molar-refractivity contribution in [3.8, 4) is 0 Å². The highest BCUT2D eigenvalue weighted by Crippen LogP contribution is 2.07. The van der Waals surface area contributed by atoms with E-state index in [0.717, 1.165) is 10.0 Å². The molecule has 0 saturated carbocycles. The van der Waals surface area contributed by atoms with Crippen LogP contribution in [0.1, 0.15) is 12.5 Å². The Hall–Kier alpha value is -0.740. The number of halogens is 1. The van der Waals surface area contributed by atoms with Gasteiger partial charge in [0.2, 0.25) is 0 Å². The zero-order valence-electron chi connectivity index (χ0n) is 8.27. The van der Waals surface area contributed by atoms with Gasteiger partial charge in [0.15, 0.2) is 0 Å². The second-order valence-corrected chi connectivity index (χ2v) is 3.89. The molecule has 0 aliphatic heterocycles. The standard InChI is InChI=1S/C10H13BrN2O/c1-8(14-2)4-12-5-9-3-10(11)7-13-6-9/h3,5-8H,4H2,1-2H3/b12-5-. The molecular weight excluding hydrogens is 244 g/mol. The van der Waals surface area contributed by atoms with E-state index in [1.54, 1.807) is 25.7 Å². The van der Waals surface area contributed by atoms with Gasteiger partial charge in [-0.2, -0.15) is 0 Å². The average molecular weight is 257 g/mol. The number of aromatic nitrogens is 1. The SMILES string of the molecule is COC(C)C/N=C\c1cncc(Br)c1. The monoisotopic (exact) mass is 256 g/mol. The molecule has 1 rings (SSSR count). The molecule has 14 heavy (non-hydrogen) atoms. The first-order chi connectivity index (χ1) is 6.72. The van der Waals surface area contributed by atoms with Crippen LogP contribution in [0.25, 0.3) is 0 Å². The summed E-state index contributed by atoms with van der Waals surface area (Å²) in [4.78, 5) is 8.28. The summed E-state index contributed by atoms with van der Waals surface area (Å²) in [7, 11) is 1.68. The summed E-state index contributed by atoms with van der Waals surface area (Å²) < 4.78 is 6.03. The van der Waals surface area contributed by atoms with Crippen molar-refractivity contribution in [1.82, 2.24) is 4.98 Å². The number of nitrogens with zero attached hydrogens (tertiary/aromatic N) is 2. The lowest BCUT2D eigenvalue weighted by molar-refractivity contribution is 0.126. The largest absolute Gasteiger partial charge is 0.380 e. The van der Waals surface area contributed by atoms with E-state index >= 15 is 0 Å². The Labute approximate surface area is 92.4 Å². The van der Waals surface area contributed by atoms with E-state index < -0.39 is 0 Å². The fourth-order valence-electron chi connectivity index (χ4n) is 0.880. The van der Waals surface area contributed by atoms with Crippen molar-refractivity contribution in [3.63, 3.8) is 0 Å². The first kappa shape index (κ1) is 11.3. The van der Waals surface area contributed by atoms with Crippen molar-refractivity contribution in [2.45, 2.75) is 13.0 Å². The van der Waals surface area contributed by atoms with Gasteiger partial charge in [0.05, 0.1) is 12.6 Å². The van der Waals surface area contributed by atoms with E-state index in [-0.39, 0.29) is 6.10 Å². The molecular formula is C10H13BrN2O. The van der Waals surface area contributed by atoms with Crippen molar-refractivity contribution < 1.29 is 4.74 Å². The quantitative estimate of drug-likeness (QED) is 0.775. The molecule has 1 aromatic rings. The van der Waals surface area contributed by atoms with Gasteiger partial charge in [-0.25, -0.2) is 0 Å². The van der Waals surface area contributed by atoms with Gasteiger partial charge in [-0.05, 0) is 28.9 Å². The molecule has 0 saturated heterocycles. The zero-order chi connectivity index (χ0) is 10.4. The number of pyridine rings is 1. The summed E-state index contributed by atoms with van der Waals surface area (Å²) in [6.07, 6.45) is 5.47. The van der Waals surface area contributed by atoms with Crippen LogP contribution in [0, 0.1) is 0 Å². The second-order valence-electron chi connectivity index (χ2n) is 2.98. The predicted molar refractivity (Wildman–Crippen MR) is 60.9 cm³/mol. The minimum Gasteiger partial charge on any atom is -0.380 e. The number of ether oxygens (including phenoxy) is 1. The lowest BCUT2D eigenvalue weighted by Gasteiger charge is -2.03. The predicted octanol–water partition coefficient (Wildman–Crippen LogP) is 2.30. The van der Waals surface area contributed by atoms with Crippen LogP contribution < -0.4 is 0 Å². The fourth-order valence-corrected chi connectivity index (χ4v) is 1.26. The van der Waals surface area contributed by atoms with E-state index in [0.29, 0.717) is 6.54 Å². The summed E-state index contributed by atoms with van der Waals surface area (Å²) in [5, 5.41) is 0. The number of aliphatic imine (C=N–C) groups is 1. The molecule has 1 heterocycles. The topological polar surface area (TPSA) is 34.5 Å². The third kappa shape index (κ3) is 3.98. The van der Waals surface area contributed by atoms with Gasteiger partial charge in [0.25, 0.3) is 0 Å². The molecule has 0 aliphatic carbocycles. The number of hydrogen-bond acceptors (Lipinski definition) is 3. The van der Waals surface area contributed by atoms with Crippen LogP contribution in [0.4, 0.5) is 0 Å². The van der Waals surface area contributed by atoms with Crippen LogP contribution in [-0.2, 0) is 4.74 Å². The zero-order valence-corrected chi connectivity index (χ0v) is 9.86. The van der Waals surface area contributed by atoms with Crippen LogP contribution in [0.2, 0.25) is 0 Å².